The first-order valence-corrected chi connectivity index (χ1v) is 9.59. The lowest BCUT2D eigenvalue weighted by Gasteiger charge is -2.17. The maximum atomic E-state index is 12.1. The second-order valence-corrected chi connectivity index (χ2v) is 7.36. The molecule has 0 radical (unpaired) electrons. The van der Waals surface area contributed by atoms with Gasteiger partial charge < -0.3 is 19.9 Å². The molecule has 26 heavy (non-hydrogen) atoms. The van der Waals surface area contributed by atoms with Gasteiger partial charge in [-0.05, 0) is 25.0 Å². The molecule has 1 aliphatic heterocycles. The van der Waals surface area contributed by atoms with Crippen LogP contribution in [0.1, 0.15) is 19.3 Å². The molecule has 1 N–H and O–H groups in total. The molecule has 2 amide bonds. The molecule has 1 fully saturated rings. The highest BCUT2D eigenvalue weighted by Crippen LogP contribution is 2.33. The highest BCUT2D eigenvalue weighted by atomic mass is 32.1. The van der Waals surface area contributed by atoms with E-state index in [0.717, 1.165) is 40.5 Å². The van der Waals surface area contributed by atoms with Gasteiger partial charge in [0.05, 0.1) is 18.4 Å². The van der Waals surface area contributed by atoms with E-state index in [-0.39, 0.29) is 18.4 Å². The zero-order valence-corrected chi connectivity index (χ0v) is 16.0. The van der Waals surface area contributed by atoms with Gasteiger partial charge in [0.15, 0.2) is 5.13 Å². The number of ether oxygens (including phenoxy) is 1. The van der Waals surface area contributed by atoms with Crippen LogP contribution in [0.25, 0.3) is 10.2 Å². The summed E-state index contributed by atoms with van der Waals surface area (Å²) < 4.78 is 6.36. The molecular formula is C18H24N4O3S. The standard InChI is InChI=1S/C18H24N4O3S/c1-21(18-20-17-13(25-2)6-3-7-14(17)26-18)12-15(23)19-9-5-11-22-10-4-8-16(22)24/h3,6-7H,4-5,8-12H2,1-2H3,(H,19,23). The summed E-state index contributed by atoms with van der Waals surface area (Å²) in [6, 6.07) is 5.80. The highest BCUT2D eigenvalue weighted by molar-refractivity contribution is 7.22. The van der Waals surface area contributed by atoms with E-state index in [2.05, 4.69) is 10.3 Å². The fraction of sp³-hybridized carbons (Fsp3) is 0.500. The number of benzene rings is 1. The van der Waals surface area contributed by atoms with Crippen LogP contribution < -0.4 is 15.0 Å². The number of amides is 2. The fourth-order valence-corrected chi connectivity index (χ4v) is 3.96. The third-order valence-corrected chi connectivity index (χ3v) is 5.53. The molecule has 0 saturated carbocycles. The maximum Gasteiger partial charge on any atom is 0.239 e. The van der Waals surface area contributed by atoms with Gasteiger partial charge in [0.25, 0.3) is 0 Å². The minimum absolute atomic E-state index is 0.0496. The number of nitrogens with one attached hydrogen (secondary N) is 1. The number of thiazole rings is 1. The Kier molecular flexibility index (Phi) is 5.92. The number of aromatic nitrogens is 1. The Balaban J connectivity index is 1.47. The van der Waals surface area contributed by atoms with Crippen molar-refractivity contribution in [3.63, 3.8) is 0 Å². The minimum Gasteiger partial charge on any atom is -0.494 e. The lowest BCUT2D eigenvalue weighted by atomic mass is 10.3. The number of anilines is 1. The Morgan fingerprint density at radius 1 is 1.46 bits per heavy atom. The van der Waals surface area contributed by atoms with Crippen LogP contribution in [0.5, 0.6) is 5.75 Å². The highest BCUT2D eigenvalue weighted by Gasteiger charge is 2.19. The smallest absolute Gasteiger partial charge is 0.239 e. The zero-order valence-electron chi connectivity index (χ0n) is 15.2. The van der Waals surface area contributed by atoms with Crippen LogP contribution >= 0.6 is 11.3 Å². The van der Waals surface area contributed by atoms with Crippen LogP contribution in [-0.4, -0.2) is 62.0 Å². The number of hydrogen-bond acceptors (Lipinski definition) is 6. The molecule has 8 heteroatoms. The van der Waals surface area contributed by atoms with Crippen molar-refractivity contribution in [2.24, 2.45) is 0 Å². The van der Waals surface area contributed by atoms with E-state index >= 15 is 0 Å². The van der Waals surface area contributed by atoms with Crippen LogP contribution in [0.3, 0.4) is 0 Å². The summed E-state index contributed by atoms with van der Waals surface area (Å²) >= 11 is 1.53. The second kappa shape index (κ2) is 8.35. The van der Waals surface area contributed by atoms with Crippen LogP contribution in [0.15, 0.2) is 18.2 Å². The van der Waals surface area contributed by atoms with Gasteiger partial charge in [-0.1, -0.05) is 17.4 Å². The fourth-order valence-electron chi connectivity index (χ4n) is 3.02. The SMILES string of the molecule is COc1cccc2sc(N(C)CC(=O)NCCCN3CCCC3=O)nc12. The van der Waals surface area contributed by atoms with Crippen LogP contribution in [0.4, 0.5) is 5.13 Å². The maximum absolute atomic E-state index is 12.1. The Bertz CT molecular complexity index is 792. The summed E-state index contributed by atoms with van der Waals surface area (Å²) in [5.41, 5.74) is 0.817. The molecule has 0 unspecified atom stereocenters. The molecule has 1 aromatic heterocycles. The van der Waals surface area contributed by atoms with E-state index < -0.39 is 0 Å². The number of likely N-dealkylation sites (tertiary alicyclic amines) is 1. The van der Waals surface area contributed by atoms with E-state index in [1.165, 1.54) is 11.3 Å². The normalized spacial score (nSPS) is 14.1. The molecule has 7 nitrogen and oxygen atoms in total. The van der Waals surface area contributed by atoms with E-state index in [9.17, 15) is 9.59 Å². The van der Waals surface area contributed by atoms with Crippen molar-refractivity contribution in [1.82, 2.24) is 15.2 Å². The summed E-state index contributed by atoms with van der Waals surface area (Å²) in [6.07, 6.45) is 2.38. The van der Waals surface area contributed by atoms with Crippen molar-refractivity contribution in [3.8, 4) is 5.75 Å². The molecule has 0 atom stereocenters. The molecule has 0 bridgehead atoms. The lowest BCUT2D eigenvalue weighted by molar-refractivity contribution is -0.127. The van der Waals surface area contributed by atoms with E-state index in [1.807, 2.05) is 35.0 Å². The van der Waals surface area contributed by atoms with Gasteiger partial charge in [-0.25, -0.2) is 4.98 Å². The molecule has 140 valence electrons. The first-order chi connectivity index (χ1) is 12.6. The summed E-state index contributed by atoms with van der Waals surface area (Å²) in [5, 5.41) is 3.69. The number of hydrogen-bond donors (Lipinski definition) is 1. The summed E-state index contributed by atoms with van der Waals surface area (Å²) in [4.78, 5) is 32.0. The van der Waals surface area contributed by atoms with E-state index in [0.29, 0.717) is 19.5 Å². The number of nitrogens with zero attached hydrogens (tertiary/aromatic N) is 3. The zero-order chi connectivity index (χ0) is 18.5. The van der Waals surface area contributed by atoms with Gasteiger partial charge in [-0.2, -0.15) is 0 Å². The molecule has 0 aliphatic carbocycles. The van der Waals surface area contributed by atoms with Gasteiger partial charge in [-0.15, -0.1) is 0 Å². The van der Waals surface area contributed by atoms with Gasteiger partial charge in [-0.3, -0.25) is 9.59 Å². The third-order valence-electron chi connectivity index (χ3n) is 4.40. The largest absolute Gasteiger partial charge is 0.494 e. The average Bonchev–Trinajstić information content (AvgIpc) is 3.24. The van der Waals surface area contributed by atoms with Crippen molar-refractivity contribution >= 4 is 38.5 Å². The molecule has 1 aliphatic rings. The number of rotatable bonds is 8. The number of para-hydroxylation sites is 1. The Labute approximate surface area is 156 Å². The first kappa shape index (κ1) is 18.4. The van der Waals surface area contributed by atoms with Crippen molar-refractivity contribution in [1.29, 1.82) is 0 Å². The summed E-state index contributed by atoms with van der Waals surface area (Å²) in [5.74, 6) is 0.910. The first-order valence-electron chi connectivity index (χ1n) is 8.77. The van der Waals surface area contributed by atoms with Gasteiger partial charge >= 0.3 is 0 Å². The van der Waals surface area contributed by atoms with Crippen LogP contribution in [0, 0.1) is 0 Å². The number of carbonyl (C=O) groups excluding carboxylic acids is 2. The van der Waals surface area contributed by atoms with Gasteiger partial charge in [0.2, 0.25) is 11.8 Å². The second-order valence-electron chi connectivity index (χ2n) is 6.35. The van der Waals surface area contributed by atoms with E-state index in [1.54, 1.807) is 7.11 Å². The summed E-state index contributed by atoms with van der Waals surface area (Å²) in [7, 11) is 3.48. The van der Waals surface area contributed by atoms with Crippen molar-refractivity contribution in [2.75, 3.05) is 45.2 Å². The molecule has 2 aromatic rings. The number of fused-ring (bicyclic) bond motifs is 1. The van der Waals surface area contributed by atoms with Crippen molar-refractivity contribution in [2.45, 2.75) is 19.3 Å². The quantitative estimate of drug-likeness (QED) is 0.712. The monoisotopic (exact) mass is 376 g/mol. The molecular weight excluding hydrogens is 352 g/mol. The van der Waals surface area contributed by atoms with Gasteiger partial charge in [0, 0.05) is 33.1 Å². The lowest BCUT2D eigenvalue weighted by Crippen LogP contribution is -2.36. The number of likely N-dealkylation sites (N-methyl/N-ethyl adjacent to an activating group) is 1. The van der Waals surface area contributed by atoms with E-state index in [4.69, 9.17) is 4.74 Å². The van der Waals surface area contributed by atoms with Crippen molar-refractivity contribution in [3.05, 3.63) is 18.2 Å². The molecule has 2 heterocycles. The van der Waals surface area contributed by atoms with Crippen LogP contribution in [-0.2, 0) is 9.59 Å². The topological polar surface area (TPSA) is 74.8 Å². The number of carbonyl (C=O) groups is 2. The Morgan fingerprint density at radius 3 is 3.04 bits per heavy atom. The molecule has 1 aromatic carbocycles. The predicted molar refractivity (Wildman–Crippen MR) is 103 cm³/mol. The third kappa shape index (κ3) is 4.24. The molecule has 1 saturated heterocycles. The van der Waals surface area contributed by atoms with Crippen molar-refractivity contribution < 1.29 is 14.3 Å². The Morgan fingerprint density at radius 2 is 2.31 bits per heavy atom. The average molecular weight is 376 g/mol. The predicted octanol–water partition coefficient (Wildman–Crippen LogP) is 1.87. The van der Waals surface area contributed by atoms with Gasteiger partial charge in [0.1, 0.15) is 11.3 Å². The Hall–Kier alpha value is -2.35. The molecule has 3 rings (SSSR count). The molecule has 0 spiro atoms. The van der Waals surface area contributed by atoms with Crippen LogP contribution in [0.2, 0.25) is 0 Å². The number of methoxy groups -OCH3 is 1. The summed E-state index contributed by atoms with van der Waals surface area (Å²) in [6.45, 7) is 2.37. The minimum atomic E-state index is -0.0496.